The van der Waals surface area contributed by atoms with Crippen LogP contribution in [0.1, 0.15) is 58.5 Å². The number of carboxylic acid groups (broad SMARTS) is 1. The summed E-state index contributed by atoms with van der Waals surface area (Å²) < 4.78 is 7.70. The van der Waals surface area contributed by atoms with Crippen LogP contribution in [0.5, 0.6) is 5.75 Å². The van der Waals surface area contributed by atoms with E-state index >= 15 is 0 Å². The van der Waals surface area contributed by atoms with Crippen LogP contribution in [0, 0.1) is 0 Å². The lowest BCUT2D eigenvalue weighted by molar-refractivity contribution is 0.0697. The summed E-state index contributed by atoms with van der Waals surface area (Å²) in [5, 5.41) is 14.6. The molecule has 2 N–H and O–H groups in total. The Morgan fingerprint density at radius 3 is 2.51 bits per heavy atom. The molecule has 1 atom stereocenters. The number of carboxylic acids is 1. The van der Waals surface area contributed by atoms with Gasteiger partial charge in [0.25, 0.3) is 0 Å². The lowest BCUT2D eigenvalue weighted by atomic mass is 9.95. The zero-order valence-electron chi connectivity index (χ0n) is 23.0. The number of aromatic carboxylic acids is 1. The minimum absolute atomic E-state index is 0.0749. The molecule has 208 valence electrons. The van der Waals surface area contributed by atoms with Crippen molar-refractivity contribution >= 4 is 34.4 Å². The van der Waals surface area contributed by atoms with Crippen LogP contribution in [0.3, 0.4) is 0 Å². The number of halogens is 1. The number of hydrogen-bond acceptors (Lipinski definition) is 5. The fraction of sp³-hybridized carbons (Fsp3) is 0.242. The molecule has 1 aliphatic carbocycles. The molecule has 41 heavy (non-hydrogen) atoms. The molecule has 2 heterocycles. The summed E-state index contributed by atoms with van der Waals surface area (Å²) in [7, 11) is 1.60. The first kappa shape index (κ1) is 26.8. The lowest BCUT2D eigenvalue weighted by Gasteiger charge is -2.21. The monoisotopic (exact) mass is 566 g/mol. The maximum Gasteiger partial charge on any atom is 0.335 e. The van der Waals surface area contributed by atoms with Crippen molar-refractivity contribution < 1.29 is 14.6 Å². The Hall–Kier alpha value is -4.36. The SMILES string of the molecule is COc1ccc(CNc2nc(-c3ccc(C(=O)O)cc3)nc3c2c2c(n3C(C)c3ccccc3)CCCC2)cc1Cl. The Morgan fingerprint density at radius 1 is 1.05 bits per heavy atom. The Balaban J connectivity index is 1.52. The topological polar surface area (TPSA) is 89.3 Å². The summed E-state index contributed by atoms with van der Waals surface area (Å²) in [5.41, 5.74) is 6.69. The molecule has 5 aromatic rings. The number of aryl methyl sites for hydroxylation is 1. The van der Waals surface area contributed by atoms with Gasteiger partial charge in [-0.3, -0.25) is 0 Å². The van der Waals surface area contributed by atoms with Gasteiger partial charge >= 0.3 is 5.97 Å². The fourth-order valence-corrected chi connectivity index (χ4v) is 6.06. The molecule has 1 aliphatic rings. The van der Waals surface area contributed by atoms with Gasteiger partial charge in [-0.05, 0) is 73.6 Å². The maximum absolute atomic E-state index is 11.5. The number of ether oxygens (including phenoxy) is 1. The highest BCUT2D eigenvalue weighted by molar-refractivity contribution is 6.32. The number of fused-ring (bicyclic) bond motifs is 3. The molecule has 0 amide bonds. The largest absolute Gasteiger partial charge is 0.495 e. The minimum Gasteiger partial charge on any atom is -0.495 e. The number of hydrogen-bond donors (Lipinski definition) is 2. The van der Waals surface area contributed by atoms with Crippen molar-refractivity contribution in [3.63, 3.8) is 0 Å². The van der Waals surface area contributed by atoms with Crippen LogP contribution in [-0.2, 0) is 19.4 Å². The summed E-state index contributed by atoms with van der Waals surface area (Å²) in [6.45, 7) is 2.74. The number of benzene rings is 3. The number of rotatable bonds is 8. The first-order valence-electron chi connectivity index (χ1n) is 13.8. The van der Waals surface area contributed by atoms with E-state index in [1.165, 1.54) is 16.8 Å². The molecular formula is C33H31ClN4O3. The number of nitrogens with one attached hydrogen (secondary N) is 1. The normalized spacial score (nSPS) is 13.5. The standard InChI is InChI=1S/C33H31ClN4O3/c1-20(22-8-4-3-5-9-22)38-27-11-7-6-10-25(27)29-31(35-19-21-12-17-28(41-2)26(34)18-21)36-30(37-32(29)38)23-13-15-24(16-14-23)33(39)40/h3-5,8-9,12-18,20H,6-7,10-11,19H2,1-2H3,(H,39,40)(H,35,36,37). The molecule has 0 saturated carbocycles. The zero-order chi connectivity index (χ0) is 28.5. The van der Waals surface area contributed by atoms with Gasteiger partial charge in [-0.2, -0.15) is 0 Å². The highest BCUT2D eigenvalue weighted by Gasteiger charge is 2.27. The van der Waals surface area contributed by atoms with E-state index in [1.807, 2.05) is 24.3 Å². The molecule has 0 aliphatic heterocycles. The summed E-state index contributed by atoms with van der Waals surface area (Å²) in [4.78, 5) is 21.6. The Bertz CT molecular complexity index is 1730. The summed E-state index contributed by atoms with van der Waals surface area (Å²) in [5.74, 6) is 0.970. The third-order valence-electron chi connectivity index (χ3n) is 7.88. The number of methoxy groups -OCH3 is 1. The molecule has 3 aromatic carbocycles. The van der Waals surface area contributed by atoms with Crippen LogP contribution >= 0.6 is 11.6 Å². The minimum atomic E-state index is -0.966. The summed E-state index contributed by atoms with van der Waals surface area (Å²) >= 11 is 6.41. The Labute approximate surface area is 243 Å². The quantitative estimate of drug-likeness (QED) is 0.201. The van der Waals surface area contributed by atoms with E-state index in [0.29, 0.717) is 23.1 Å². The van der Waals surface area contributed by atoms with E-state index in [-0.39, 0.29) is 11.6 Å². The van der Waals surface area contributed by atoms with Gasteiger partial charge in [-0.25, -0.2) is 14.8 Å². The van der Waals surface area contributed by atoms with Crippen molar-refractivity contribution in [2.45, 2.75) is 45.2 Å². The van der Waals surface area contributed by atoms with Crippen LogP contribution in [0.25, 0.3) is 22.4 Å². The van der Waals surface area contributed by atoms with Gasteiger partial charge in [-0.1, -0.05) is 60.1 Å². The van der Waals surface area contributed by atoms with E-state index in [2.05, 4.69) is 41.1 Å². The van der Waals surface area contributed by atoms with Gasteiger partial charge < -0.3 is 19.7 Å². The molecule has 0 spiro atoms. The highest BCUT2D eigenvalue weighted by atomic mass is 35.5. The summed E-state index contributed by atoms with van der Waals surface area (Å²) in [6.07, 6.45) is 4.21. The van der Waals surface area contributed by atoms with Crippen LogP contribution < -0.4 is 10.1 Å². The van der Waals surface area contributed by atoms with Gasteiger partial charge in [0.2, 0.25) is 0 Å². The average Bonchev–Trinajstić information content (AvgIpc) is 3.34. The molecule has 1 unspecified atom stereocenters. The van der Waals surface area contributed by atoms with E-state index in [0.717, 1.165) is 53.7 Å². The van der Waals surface area contributed by atoms with Crippen molar-refractivity contribution in [2.75, 3.05) is 12.4 Å². The van der Waals surface area contributed by atoms with Crippen molar-refractivity contribution in [3.8, 4) is 17.1 Å². The van der Waals surface area contributed by atoms with Crippen LogP contribution in [0.15, 0.2) is 72.8 Å². The molecule has 6 rings (SSSR count). The predicted octanol–water partition coefficient (Wildman–Crippen LogP) is 7.56. The molecule has 0 bridgehead atoms. The molecule has 0 saturated heterocycles. The van der Waals surface area contributed by atoms with E-state index in [1.54, 1.807) is 31.4 Å². The second-order valence-electron chi connectivity index (χ2n) is 10.4. The smallest absolute Gasteiger partial charge is 0.335 e. The molecule has 0 fully saturated rings. The predicted molar refractivity (Wildman–Crippen MR) is 162 cm³/mol. The molecular weight excluding hydrogens is 536 g/mol. The number of aromatic nitrogens is 3. The second-order valence-corrected chi connectivity index (χ2v) is 10.8. The van der Waals surface area contributed by atoms with E-state index < -0.39 is 5.97 Å². The average molecular weight is 567 g/mol. The zero-order valence-corrected chi connectivity index (χ0v) is 23.8. The summed E-state index contributed by atoms with van der Waals surface area (Å²) in [6, 6.07) is 23.0. The molecule has 0 radical (unpaired) electrons. The second kappa shape index (κ2) is 11.3. The van der Waals surface area contributed by atoms with Crippen molar-refractivity contribution in [1.82, 2.24) is 14.5 Å². The van der Waals surface area contributed by atoms with Gasteiger partial charge in [0.05, 0.1) is 29.1 Å². The molecule has 7 nitrogen and oxygen atoms in total. The van der Waals surface area contributed by atoms with Gasteiger partial charge in [-0.15, -0.1) is 0 Å². The fourth-order valence-electron chi connectivity index (χ4n) is 5.78. The number of anilines is 1. The maximum atomic E-state index is 11.5. The Morgan fingerprint density at radius 2 is 1.80 bits per heavy atom. The van der Waals surface area contributed by atoms with Crippen LogP contribution in [0.2, 0.25) is 5.02 Å². The number of carbonyl (C=O) groups is 1. The van der Waals surface area contributed by atoms with Gasteiger partial charge in [0.1, 0.15) is 17.2 Å². The lowest BCUT2D eigenvalue weighted by Crippen LogP contribution is -2.13. The Kier molecular flexibility index (Phi) is 7.37. The van der Waals surface area contributed by atoms with E-state index in [4.69, 9.17) is 26.3 Å². The third-order valence-corrected chi connectivity index (χ3v) is 8.18. The van der Waals surface area contributed by atoms with Crippen molar-refractivity contribution in [3.05, 3.63) is 106 Å². The molecule has 2 aromatic heterocycles. The third kappa shape index (κ3) is 5.13. The first-order chi connectivity index (χ1) is 19.9. The van der Waals surface area contributed by atoms with Gasteiger partial charge in [0.15, 0.2) is 5.82 Å². The van der Waals surface area contributed by atoms with Crippen LogP contribution in [0.4, 0.5) is 5.82 Å². The molecule has 8 heteroatoms. The van der Waals surface area contributed by atoms with Gasteiger partial charge in [0, 0.05) is 17.8 Å². The van der Waals surface area contributed by atoms with Crippen LogP contribution in [-0.4, -0.2) is 32.7 Å². The number of nitrogens with zero attached hydrogens (tertiary/aromatic N) is 3. The van der Waals surface area contributed by atoms with Crippen molar-refractivity contribution in [1.29, 1.82) is 0 Å². The first-order valence-corrected chi connectivity index (χ1v) is 14.2. The van der Waals surface area contributed by atoms with E-state index in [9.17, 15) is 9.90 Å². The van der Waals surface area contributed by atoms with Crippen molar-refractivity contribution in [2.24, 2.45) is 0 Å². The highest BCUT2D eigenvalue weighted by Crippen LogP contribution is 2.39.